The lowest BCUT2D eigenvalue weighted by Crippen LogP contribution is -2.62. The van der Waals surface area contributed by atoms with E-state index in [-0.39, 0.29) is 51.6 Å². The molecule has 0 aromatic heterocycles. The van der Waals surface area contributed by atoms with Crippen LogP contribution >= 0.6 is 0 Å². The third-order valence-electron chi connectivity index (χ3n) is 11.9. The zero-order chi connectivity index (χ0) is 47.7. The number of hydrogen-bond acceptors (Lipinski definition) is 12. The highest BCUT2D eigenvalue weighted by Gasteiger charge is 2.43. The van der Waals surface area contributed by atoms with Crippen LogP contribution in [0.3, 0.4) is 0 Å². The van der Waals surface area contributed by atoms with Crippen LogP contribution < -0.4 is 43.4 Å². The van der Waals surface area contributed by atoms with E-state index >= 15 is 0 Å². The van der Waals surface area contributed by atoms with Crippen LogP contribution in [0.4, 0.5) is 0 Å². The minimum Gasteiger partial charge on any atom is -0.481 e. The summed E-state index contributed by atoms with van der Waals surface area (Å²) in [5.74, 6) is -9.66. The molecular weight excluding hydrogens is 837 g/mol. The maximum Gasteiger partial charge on any atom is 0.303 e. The Morgan fingerprint density at radius 3 is 1.17 bits per heavy atom. The Morgan fingerprint density at radius 1 is 0.516 bits per heavy atom. The zero-order valence-corrected chi connectivity index (χ0v) is 37.5. The van der Waals surface area contributed by atoms with Crippen molar-refractivity contribution >= 4 is 59.2 Å². The molecule has 0 saturated carbocycles. The molecule has 0 bridgehead atoms. The Kier molecular flexibility index (Phi) is 21.3. The predicted molar refractivity (Wildman–Crippen MR) is 230 cm³/mol. The van der Waals surface area contributed by atoms with Gasteiger partial charge in [-0.15, -0.1) is 0 Å². The fraction of sp³-hybridized carbons (Fsp3) is 0.762. The maximum atomic E-state index is 14.3. The number of nitrogens with one attached hydrogen (secondary N) is 6. The summed E-state index contributed by atoms with van der Waals surface area (Å²) < 4.78 is 0. The summed E-state index contributed by atoms with van der Waals surface area (Å²) in [5, 5.41) is 35.0. The molecule has 0 radical (unpaired) electrons. The van der Waals surface area contributed by atoms with Crippen LogP contribution in [0.2, 0.25) is 0 Å². The van der Waals surface area contributed by atoms with Crippen LogP contribution in [0, 0.1) is 11.8 Å². The number of amides is 8. The highest BCUT2D eigenvalue weighted by molar-refractivity contribution is 5.99. The summed E-state index contributed by atoms with van der Waals surface area (Å²) in [6.45, 7) is 7.37. The third kappa shape index (κ3) is 15.4. The number of carbonyl (C=O) groups is 10. The average molecular weight is 907 g/mol. The summed E-state index contributed by atoms with van der Waals surface area (Å²) in [7, 11) is 0. The molecule has 0 aliphatic carbocycles. The smallest absolute Gasteiger partial charge is 0.303 e. The lowest BCUT2D eigenvalue weighted by Gasteiger charge is -2.33. The first-order chi connectivity index (χ1) is 30.3. The second-order valence-corrected chi connectivity index (χ2v) is 17.5. The first kappa shape index (κ1) is 53.0. The van der Waals surface area contributed by atoms with E-state index in [4.69, 9.17) is 11.5 Å². The van der Waals surface area contributed by atoms with Crippen LogP contribution in [0.5, 0.6) is 0 Å². The molecule has 3 aliphatic rings. The van der Waals surface area contributed by atoms with Crippen LogP contribution in [-0.2, 0) is 47.9 Å². The SMILES string of the molecule is CC(C)[C@@H]1NC(=O)[C@@H](CCC(=O)O)NC(=O)[C@@H]2CCCN2C(=O)[C@H](CCCCN)NC(=O)[C@@H](C(C)C)NC(=O)[C@H](CCC(=O)O)NC(=O)[C@H]2CCCN2C(=O)[C@@H](CCCCN)NC1=O. The predicted octanol–water partition coefficient (Wildman–Crippen LogP) is -1.81. The van der Waals surface area contributed by atoms with Crippen LogP contribution in [-0.4, -0.2) is 154 Å². The second kappa shape index (κ2) is 25.8. The zero-order valence-electron chi connectivity index (χ0n) is 37.5. The number of hydrogen-bond donors (Lipinski definition) is 10. The van der Waals surface area contributed by atoms with Gasteiger partial charge in [0.2, 0.25) is 47.3 Å². The average Bonchev–Trinajstić information content (AvgIpc) is 3.94. The molecule has 8 amide bonds. The highest BCUT2D eigenvalue weighted by atomic mass is 16.4. The molecule has 3 heterocycles. The summed E-state index contributed by atoms with van der Waals surface area (Å²) in [4.78, 5) is 139. The van der Waals surface area contributed by atoms with E-state index in [1.807, 2.05) is 0 Å². The van der Waals surface area contributed by atoms with Crippen molar-refractivity contribution in [2.24, 2.45) is 23.3 Å². The molecule has 0 aromatic carbocycles. The molecule has 0 aromatic rings. The van der Waals surface area contributed by atoms with Crippen LogP contribution in [0.1, 0.15) is 118 Å². The van der Waals surface area contributed by atoms with Crippen molar-refractivity contribution < 1.29 is 58.2 Å². The molecule has 3 aliphatic heterocycles. The standard InChI is InChI=1S/C42H70N10O12/c1-23(2)33-39(61)47-27(11-5-7-19-43)41(63)51-21-9-14-30(51)38(60)46-26(16-18-32(55)56)36(58)50-34(24(3)4)40(62)48-28(12-6-8-20-44)42(64)52-22-10-13-29(52)37(59)45-25(35(57)49-33)15-17-31(53)54/h23-30,33-34H,5-22,43-44H2,1-4H3,(H,45,59)(H,46,60)(H,47,61)(H,48,62)(H,49,57)(H,50,58)(H,53,54)(H,55,56)/t25-,26+,27-,28+,29+,30-,33+,34-. The van der Waals surface area contributed by atoms with Gasteiger partial charge in [-0.25, -0.2) is 0 Å². The molecule has 3 fully saturated rings. The second-order valence-electron chi connectivity index (χ2n) is 17.5. The number of aliphatic carboxylic acids is 2. The molecule has 12 N–H and O–H groups in total. The number of rotatable bonds is 16. The van der Waals surface area contributed by atoms with Gasteiger partial charge < -0.3 is 63.4 Å². The van der Waals surface area contributed by atoms with Gasteiger partial charge in [-0.2, -0.15) is 0 Å². The van der Waals surface area contributed by atoms with Gasteiger partial charge >= 0.3 is 11.9 Å². The fourth-order valence-corrected chi connectivity index (χ4v) is 8.22. The quantitative estimate of drug-likeness (QED) is 0.0764. The van der Waals surface area contributed by atoms with E-state index < -0.39 is 132 Å². The van der Waals surface area contributed by atoms with Gasteiger partial charge in [-0.1, -0.05) is 27.7 Å². The lowest BCUT2D eigenvalue weighted by atomic mass is 9.99. The number of nitrogens with zero attached hydrogens (tertiary/aromatic N) is 2. The molecule has 3 rings (SSSR count). The minimum atomic E-state index is -1.46. The van der Waals surface area contributed by atoms with Gasteiger partial charge in [0.25, 0.3) is 0 Å². The van der Waals surface area contributed by atoms with E-state index in [9.17, 15) is 58.2 Å². The van der Waals surface area contributed by atoms with E-state index in [0.717, 1.165) is 0 Å². The van der Waals surface area contributed by atoms with Crippen molar-refractivity contribution in [1.82, 2.24) is 41.7 Å². The van der Waals surface area contributed by atoms with Crippen molar-refractivity contribution in [3.05, 3.63) is 0 Å². The number of nitrogens with two attached hydrogens (primary N) is 2. The maximum absolute atomic E-state index is 14.3. The van der Waals surface area contributed by atoms with E-state index in [1.165, 1.54) is 9.80 Å². The molecule has 64 heavy (non-hydrogen) atoms. The molecule has 0 spiro atoms. The van der Waals surface area contributed by atoms with E-state index in [2.05, 4.69) is 31.9 Å². The van der Waals surface area contributed by atoms with Gasteiger partial charge in [0, 0.05) is 25.9 Å². The van der Waals surface area contributed by atoms with Crippen molar-refractivity contribution in [2.75, 3.05) is 26.2 Å². The Morgan fingerprint density at radius 2 is 0.859 bits per heavy atom. The summed E-state index contributed by atoms with van der Waals surface area (Å²) in [6.07, 6.45) is 1.32. The molecule has 3 saturated heterocycles. The number of unbranched alkanes of at least 4 members (excludes halogenated alkanes) is 2. The molecule has 0 unspecified atom stereocenters. The van der Waals surface area contributed by atoms with Gasteiger partial charge in [-0.3, -0.25) is 47.9 Å². The fourth-order valence-electron chi connectivity index (χ4n) is 8.22. The highest BCUT2D eigenvalue weighted by Crippen LogP contribution is 2.23. The topological polar surface area (TPSA) is 342 Å². The van der Waals surface area contributed by atoms with Gasteiger partial charge in [0.1, 0.15) is 48.3 Å². The first-order valence-electron chi connectivity index (χ1n) is 22.6. The number of carboxylic acids is 2. The molecular formula is C42H70N10O12. The summed E-state index contributed by atoms with van der Waals surface area (Å²) in [6, 6.07) is -10.1. The Labute approximate surface area is 373 Å². The number of carboxylic acid groups (broad SMARTS) is 2. The lowest BCUT2D eigenvalue weighted by molar-refractivity contribution is -0.144. The molecule has 22 nitrogen and oxygen atoms in total. The monoisotopic (exact) mass is 907 g/mol. The Hall–Kier alpha value is -5.38. The Bertz CT molecular complexity index is 1570. The molecule has 8 atom stereocenters. The summed E-state index contributed by atoms with van der Waals surface area (Å²) in [5.41, 5.74) is 11.5. The van der Waals surface area contributed by atoms with Gasteiger partial charge in [0.15, 0.2) is 0 Å². The Balaban J connectivity index is 2.14. The van der Waals surface area contributed by atoms with Crippen LogP contribution in [0.25, 0.3) is 0 Å². The summed E-state index contributed by atoms with van der Waals surface area (Å²) >= 11 is 0. The molecule has 22 heteroatoms. The van der Waals surface area contributed by atoms with Crippen molar-refractivity contribution in [3.63, 3.8) is 0 Å². The van der Waals surface area contributed by atoms with Crippen molar-refractivity contribution in [1.29, 1.82) is 0 Å². The van der Waals surface area contributed by atoms with Crippen molar-refractivity contribution in [3.8, 4) is 0 Å². The normalized spacial score (nSPS) is 27.2. The number of carbonyl (C=O) groups excluding carboxylic acids is 8. The third-order valence-corrected chi connectivity index (χ3v) is 11.9. The van der Waals surface area contributed by atoms with E-state index in [0.29, 0.717) is 51.6 Å². The number of fused-ring (bicyclic) bond motifs is 2. The largest absolute Gasteiger partial charge is 0.481 e. The first-order valence-corrected chi connectivity index (χ1v) is 22.6. The van der Waals surface area contributed by atoms with E-state index in [1.54, 1.807) is 27.7 Å². The van der Waals surface area contributed by atoms with Gasteiger partial charge in [-0.05, 0) is 102 Å². The van der Waals surface area contributed by atoms with Gasteiger partial charge in [0.05, 0.1) is 0 Å². The van der Waals surface area contributed by atoms with Crippen LogP contribution in [0.15, 0.2) is 0 Å². The van der Waals surface area contributed by atoms with Crippen molar-refractivity contribution in [2.45, 2.75) is 166 Å². The minimum absolute atomic E-state index is 0.107. The molecule has 360 valence electrons.